The molecule has 11 heteroatoms. The number of hydrogen-bond acceptors (Lipinski definition) is 4. The van der Waals surface area contributed by atoms with Crippen LogP contribution in [0.5, 0.6) is 0 Å². The Hall–Kier alpha value is -3.31. The monoisotopic (exact) mass is 561 g/mol. The molecule has 3 aromatic rings. The normalized spacial score (nSPS) is 20.4. The minimum absolute atomic E-state index is 0.205. The van der Waals surface area contributed by atoms with E-state index in [-0.39, 0.29) is 25.1 Å². The molecular weight excluding hydrogens is 536 g/mol. The van der Waals surface area contributed by atoms with Crippen molar-refractivity contribution in [3.63, 3.8) is 0 Å². The Labute approximate surface area is 214 Å². The molecule has 1 fully saturated rings. The number of rotatable bonds is 7. The lowest BCUT2D eigenvalue weighted by molar-refractivity contribution is -0.123. The number of likely N-dealkylation sites (tertiary alicyclic amines) is 1. The van der Waals surface area contributed by atoms with Crippen molar-refractivity contribution in [3.8, 4) is 0 Å². The average Bonchev–Trinajstić information content (AvgIpc) is 3.41. The summed E-state index contributed by atoms with van der Waals surface area (Å²) in [5.41, 5.74) is 10.5. The molecule has 190 valence electrons. The van der Waals surface area contributed by atoms with Crippen LogP contribution in [0.15, 0.2) is 59.2 Å². The van der Waals surface area contributed by atoms with Crippen LogP contribution in [0.3, 0.4) is 0 Å². The molecule has 1 saturated heterocycles. The summed E-state index contributed by atoms with van der Waals surface area (Å²) >= 11 is 3.34. The van der Waals surface area contributed by atoms with Gasteiger partial charge in [0.25, 0.3) is 0 Å². The highest BCUT2D eigenvalue weighted by atomic mass is 79.9. The lowest BCUT2D eigenvalue weighted by atomic mass is 9.90. The fourth-order valence-corrected chi connectivity index (χ4v) is 5.05. The number of benzene rings is 2. The molecule has 0 saturated carbocycles. The van der Waals surface area contributed by atoms with E-state index < -0.39 is 48.7 Å². The van der Waals surface area contributed by atoms with E-state index in [1.807, 2.05) is 0 Å². The highest BCUT2D eigenvalue weighted by Gasteiger charge is 2.48. The zero-order valence-electron chi connectivity index (χ0n) is 19.3. The number of ketones is 1. The van der Waals surface area contributed by atoms with Gasteiger partial charge in [0.1, 0.15) is 5.67 Å². The first-order valence-electron chi connectivity index (χ1n) is 11.4. The van der Waals surface area contributed by atoms with Crippen LogP contribution in [0.4, 0.5) is 24.1 Å². The minimum Gasteiger partial charge on any atom is -0.351 e. The van der Waals surface area contributed by atoms with Gasteiger partial charge in [-0.05, 0) is 23.8 Å². The van der Waals surface area contributed by atoms with Gasteiger partial charge in [-0.2, -0.15) is 0 Å². The van der Waals surface area contributed by atoms with E-state index in [1.165, 1.54) is 10.8 Å². The van der Waals surface area contributed by atoms with Crippen molar-refractivity contribution in [2.75, 3.05) is 25.1 Å². The van der Waals surface area contributed by atoms with Crippen molar-refractivity contribution in [1.29, 1.82) is 0 Å². The number of nitrogens with one attached hydrogen (secondary N) is 1. The van der Waals surface area contributed by atoms with Crippen molar-refractivity contribution in [2.24, 2.45) is 11.5 Å². The summed E-state index contributed by atoms with van der Waals surface area (Å²) in [6, 6.07) is 11.2. The molecule has 5 N–H and O–H groups in total. The largest absolute Gasteiger partial charge is 0.351 e. The number of Topliss-reactive ketones (excluding diaryl/α,β-unsaturated/α-hetero) is 1. The predicted molar refractivity (Wildman–Crippen MR) is 136 cm³/mol. The third kappa shape index (κ3) is 5.12. The first kappa shape index (κ1) is 25.8. The van der Waals surface area contributed by atoms with Crippen molar-refractivity contribution in [2.45, 2.75) is 30.5 Å². The number of halogens is 3. The number of amides is 3. The van der Waals surface area contributed by atoms with Gasteiger partial charge < -0.3 is 21.7 Å². The van der Waals surface area contributed by atoms with Crippen molar-refractivity contribution in [1.82, 2.24) is 9.47 Å². The summed E-state index contributed by atoms with van der Waals surface area (Å²) in [6.45, 7) is -1.55. The van der Waals surface area contributed by atoms with Gasteiger partial charge >= 0.3 is 12.1 Å². The lowest BCUT2D eigenvalue weighted by Crippen LogP contribution is -2.44. The van der Waals surface area contributed by atoms with Crippen LogP contribution in [0.25, 0.3) is 10.9 Å². The molecule has 2 heterocycles. The minimum atomic E-state index is -1.96. The predicted octanol–water partition coefficient (Wildman–Crippen LogP) is 4.32. The van der Waals surface area contributed by atoms with E-state index in [4.69, 9.17) is 11.5 Å². The smallest absolute Gasteiger partial charge is 0.323 e. The number of urea groups is 1. The van der Waals surface area contributed by atoms with Crippen LogP contribution in [-0.2, 0) is 4.79 Å². The van der Waals surface area contributed by atoms with E-state index in [2.05, 4.69) is 21.2 Å². The van der Waals surface area contributed by atoms with Crippen LogP contribution in [0, 0.1) is 0 Å². The number of carbonyl (C=O) groups excluding carboxylic acids is 3. The Kier molecular flexibility index (Phi) is 7.41. The molecule has 0 unspecified atom stereocenters. The van der Waals surface area contributed by atoms with Crippen LogP contribution >= 0.6 is 15.9 Å². The number of para-hydroxylation sites is 1. The fraction of sp³-hybridized carbons (Fsp3) is 0.320. The number of hydrogen-bond donors (Lipinski definition) is 3. The lowest BCUT2D eigenvalue weighted by Gasteiger charge is -2.25. The maximum absolute atomic E-state index is 15.3. The zero-order valence-corrected chi connectivity index (χ0v) is 20.9. The second kappa shape index (κ2) is 10.4. The second-order valence-corrected chi connectivity index (χ2v) is 9.89. The Morgan fingerprint density at radius 1 is 1.19 bits per heavy atom. The van der Waals surface area contributed by atoms with Gasteiger partial charge in [-0.1, -0.05) is 46.3 Å². The number of carbonyl (C=O) groups is 3. The van der Waals surface area contributed by atoms with Gasteiger partial charge in [-0.15, -0.1) is 0 Å². The topological polar surface area (TPSA) is 123 Å². The second-order valence-electron chi connectivity index (χ2n) is 8.98. The average molecular weight is 562 g/mol. The molecule has 0 aliphatic carbocycles. The number of nitrogens with two attached hydrogens (primary N) is 2. The summed E-state index contributed by atoms with van der Waals surface area (Å²) < 4.78 is 31.1. The van der Waals surface area contributed by atoms with E-state index in [0.29, 0.717) is 16.5 Å². The molecule has 0 spiro atoms. The fourth-order valence-electron chi connectivity index (χ4n) is 4.64. The highest BCUT2D eigenvalue weighted by molar-refractivity contribution is 9.10. The van der Waals surface area contributed by atoms with Gasteiger partial charge in [0.15, 0.2) is 5.78 Å². The van der Waals surface area contributed by atoms with Gasteiger partial charge in [-0.25, -0.2) is 14.0 Å². The number of alkyl halides is 2. The quantitative estimate of drug-likeness (QED) is 0.397. The van der Waals surface area contributed by atoms with E-state index in [0.717, 1.165) is 9.37 Å². The number of aromatic nitrogens is 1. The SMILES string of the molecule is NC[C@@]1(F)C[C@@H](C(=O)C[C@H](CF)c2cccc(Br)c2)N(C(=O)Nc2cn(C(N)=O)c3ccccc23)C1. The van der Waals surface area contributed by atoms with Gasteiger partial charge in [0.2, 0.25) is 0 Å². The number of primary amides is 1. The number of anilines is 1. The third-order valence-corrected chi connectivity index (χ3v) is 7.03. The van der Waals surface area contributed by atoms with Crippen molar-refractivity contribution < 1.29 is 23.2 Å². The molecule has 36 heavy (non-hydrogen) atoms. The molecule has 0 radical (unpaired) electrons. The van der Waals surface area contributed by atoms with Gasteiger partial charge in [0.05, 0.1) is 30.5 Å². The Balaban J connectivity index is 1.59. The third-order valence-electron chi connectivity index (χ3n) is 6.53. The van der Waals surface area contributed by atoms with Crippen LogP contribution in [0.1, 0.15) is 24.3 Å². The Morgan fingerprint density at radius 3 is 2.61 bits per heavy atom. The molecule has 1 aliphatic heterocycles. The standard InChI is InChI=1S/C25H26BrF2N5O3/c26-17-5-3-4-15(8-17)16(11-27)9-22(34)21-10-25(28,13-29)14-33(21)24(36)31-19-12-32(23(30)35)20-7-2-1-6-18(19)20/h1-8,12,16,21H,9-11,13-14,29H2,(H2,30,35)(H,31,36)/t16-,21+,25+/m1/s1. The first-order valence-corrected chi connectivity index (χ1v) is 12.2. The highest BCUT2D eigenvalue weighted by Crippen LogP contribution is 2.34. The molecule has 2 aromatic carbocycles. The summed E-state index contributed by atoms with van der Waals surface area (Å²) in [6.07, 6.45) is 0.884. The molecule has 8 nitrogen and oxygen atoms in total. The number of fused-ring (bicyclic) bond motifs is 1. The van der Waals surface area contributed by atoms with Crippen LogP contribution in [0.2, 0.25) is 0 Å². The zero-order chi connectivity index (χ0) is 26.0. The summed E-state index contributed by atoms with van der Waals surface area (Å²) in [7, 11) is 0. The molecule has 3 amide bonds. The molecule has 4 rings (SSSR count). The molecule has 1 aliphatic rings. The van der Waals surface area contributed by atoms with Gasteiger partial charge in [-0.3, -0.25) is 13.8 Å². The Morgan fingerprint density at radius 2 is 1.94 bits per heavy atom. The molecule has 3 atom stereocenters. The summed E-state index contributed by atoms with van der Waals surface area (Å²) in [4.78, 5) is 39.5. The molecule has 0 bridgehead atoms. The summed E-state index contributed by atoms with van der Waals surface area (Å²) in [5, 5.41) is 3.22. The number of nitrogens with zero attached hydrogens (tertiary/aromatic N) is 2. The Bertz CT molecular complexity index is 1320. The van der Waals surface area contributed by atoms with E-state index >= 15 is 4.39 Å². The van der Waals surface area contributed by atoms with Gasteiger partial charge in [0, 0.05) is 41.4 Å². The van der Waals surface area contributed by atoms with Crippen LogP contribution < -0.4 is 16.8 Å². The summed E-state index contributed by atoms with van der Waals surface area (Å²) in [5.74, 6) is -1.19. The van der Waals surface area contributed by atoms with Crippen LogP contribution in [-0.4, -0.2) is 58.8 Å². The molecular formula is C25H26BrF2N5O3. The van der Waals surface area contributed by atoms with Crippen molar-refractivity contribution >= 4 is 50.4 Å². The maximum atomic E-state index is 15.3. The van der Waals surface area contributed by atoms with Crippen molar-refractivity contribution in [3.05, 3.63) is 64.8 Å². The van der Waals surface area contributed by atoms with E-state index in [1.54, 1.807) is 48.5 Å². The maximum Gasteiger partial charge on any atom is 0.323 e. The molecule has 1 aromatic heterocycles. The van der Waals surface area contributed by atoms with E-state index in [9.17, 15) is 18.8 Å². The first-order chi connectivity index (χ1) is 17.2.